The minimum atomic E-state index is -2.76. The molecule has 2 unspecified atom stereocenters. The zero-order chi connectivity index (χ0) is 25.6. The van der Waals surface area contributed by atoms with Gasteiger partial charge in [0.25, 0.3) is 0 Å². The second kappa shape index (κ2) is 10.5. The highest BCUT2D eigenvalue weighted by atomic mass is 19.3. The zero-order valence-corrected chi connectivity index (χ0v) is 23.8. The molecule has 0 radical (unpaired) electrons. The third kappa shape index (κ3) is 5.10. The van der Waals surface area contributed by atoms with Crippen LogP contribution in [-0.2, 0) is 9.47 Å². The molecule has 4 fully saturated rings. The Balaban J connectivity index is 1.52. The third-order valence-electron chi connectivity index (χ3n) is 12.1. The van der Waals surface area contributed by atoms with E-state index in [9.17, 15) is 8.78 Å². The fourth-order valence-electron chi connectivity index (χ4n) is 10.5. The summed E-state index contributed by atoms with van der Waals surface area (Å²) < 4.78 is 36.2. The summed E-state index contributed by atoms with van der Waals surface area (Å²) in [4.78, 5) is 0. The number of alkyl halides is 2. The summed E-state index contributed by atoms with van der Waals surface area (Å²) in [5.74, 6) is 5.31. The fraction of sp³-hybridized carbons (Fsp3) is 1.00. The standard InChI is InChI=1S/C31H54F2O2/c1-20(2)9-8-10-21(3)23-12-13-24-22-11-14-26-29(4,5)17-16-27(34-19-35-28(32)33)31(26,7)25(22)15-18-30(23,24)6/h20-28H,8-19H2,1-7H3/t21-,22+,23-,24+,25+,26?,27?,30-,31-/m1/s1. The van der Waals surface area contributed by atoms with Crippen LogP contribution in [0.2, 0.25) is 0 Å². The van der Waals surface area contributed by atoms with Gasteiger partial charge in [0, 0.05) is 5.41 Å². The van der Waals surface area contributed by atoms with Crippen LogP contribution in [0.1, 0.15) is 119 Å². The fourth-order valence-corrected chi connectivity index (χ4v) is 10.5. The molecule has 0 N–H and O–H groups in total. The van der Waals surface area contributed by atoms with E-state index in [2.05, 4.69) is 53.2 Å². The summed E-state index contributed by atoms with van der Waals surface area (Å²) in [6.45, 7) is 14.2. The average Bonchev–Trinajstić information content (AvgIpc) is 3.12. The van der Waals surface area contributed by atoms with Crippen LogP contribution in [0, 0.1) is 57.7 Å². The van der Waals surface area contributed by atoms with E-state index in [0.29, 0.717) is 17.3 Å². The van der Waals surface area contributed by atoms with Crippen LogP contribution in [0.3, 0.4) is 0 Å². The summed E-state index contributed by atoms with van der Waals surface area (Å²) in [7, 11) is 0. The highest BCUT2D eigenvalue weighted by Crippen LogP contribution is 2.70. The first-order valence-corrected chi connectivity index (χ1v) is 14.9. The predicted octanol–water partition coefficient (Wildman–Crippen LogP) is 9.33. The Labute approximate surface area is 214 Å². The lowest BCUT2D eigenvalue weighted by atomic mass is 9.40. The molecule has 0 aliphatic heterocycles. The first-order chi connectivity index (χ1) is 16.4. The smallest absolute Gasteiger partial charge is 0.347 e. The first-order valence-electron chi connectivity index (χ1n) is 14.9. The predicted molar refractivity (Wildman–Crippen MR) is 139 cm³/mol. The van der Waals surface area contributed by atoms with Crippen molar-refractivity contribution in [1.82, 2.24) is 0 Å². The van der Waals surface area contributed by atoms with Gasteiger partial charge in [-0.25, -0.2) is 0 Å². The van der Waals surface area contributed by atoms with Crippen molar-refractivity contribution in [2.24, 2.45) is 57.7 Å². The Kier molecular flexibility index (Phi) is 8.35. The Hall–Kier alpha value is -0.220. The van der Waals surface area contributed by atoms with Crippen LogP contribution in [0.4, 0.5) is 8.78 Å². The van der Waals surface area contributed by atoms with Crippen molar-refractivity contribution in [2.75, 3.05) is 6.79 Å². The second-order valence-corrected chi connectivity index (χ2v) is 14.6. The molecule has 0 heterocycles. The number of hydrogen-bond donors (Lipinski definition) is 0. The van der Waals surface area contributed by atoms with Gasteiger partial charge < -0.3 is 4.74 Å². The molecule has 0 spiro atoms. The summed E-state index contributed by atoms with van der Waals surface area (Å²) in [5, 5.41) is 0. The van der Waals surface area contributed by atoms with Crippen LogP contribution < -0.4 is 0 Å². The van der Waals surface area contributed by atoms with Crippen LogP contribution in [0.5, 0.6) is 0 Å². The largest absolute Gasteiger partial charge is 0.351 e. The molecule has 0 aromatic carbocycles. The van der Waals surface area contributed by atoms with Crippen LogP contribution >= 0.6 is 0 Å². The van der Waals surface area contributed by atoms with Crippen LogP contribution in [-0.4, -0.2) is 19.5 Å². The molecule has 4 aliphatic carbocycles. The molecular formula is C31H54F2O2. The van der Waals surface area contributed by atoms with E-state index in [0.717, 1.165) is 42.4 Å². The highest BCUT2D eigenvalue weighted by Gasteiger charge is 2.64. The third-order valence-corrected chi connectivity index (χ3v) is 12.1. The Morgan fingerprint density at radius 2 is 1.57 bits per heavy atom. The molecule has 204 valence electrons. The van der Waals surface area contributed by atoms with Crippen molar-refractivity contribution in [3.05, 3.63) is 0 Å². The van der Waals surface area contributed by atoms with Crippen LogP contribution in [0.15, 0.2) is 0 Å². The second-order valence-electron chi connectivity index (χ2n) is 14.6. The van der Waals surface area contributed by atoms with E-state index in [4.69, 9.17) is 4.74 Å². The lowest BCUT2D eigenvalue weighted by molar-refractivity contribution is -0.258. The topological polar surface area (TPSA) is 18.5 Å². The summed E-state index contributed by atoms with van der Waals surface area (Å²) in [6, 6.07) is 0. The number of hydrogen-bond acceptors (Lipinski definition) is 2. The number of fused-ring (bicyclic) bond motifs is 5. The van der Waals surface area contributed by atoms with Gasteiger partial charge in [0.2, 0.25) is 0 Å². The summed E-state index contributed by atoms with van der Waals surface area (Å²) >= 11 is 0. The van der Waals surface area contributed by atoms with Gasteiger partial charge in [-0.3, -0.25) is 4.74 Å². The molecule has 9 atom stereocenters. The Bertz CT molecular complexity index is 708. The molecule has 2 nitrogen and oxygen atoms in total. The van der Waals surface area contributed by atoms with Gasteiger partial charge in [-0.1, -0.05) is 67.7 Å². The number of ether oxygens (including phenoxy) is 2. The van der Waals surface area contributed by atoms with E-state index >= 15 is 0 Å². The SMILES string of the molecule is CC(C)CCC[C@@H](C)[C@H]1CC[C@H]2[C@@H]3CCC4C(C)(C)CCC(OCOC(F)F)[C@]4(C)[C@H]3CC[C@]12C. The number of rotatable bonds is 9. The maximum Gasteiger partial charge on any atom is 0.347 e. The van der Waals surface area contributed by atoms with Crippen molar-refractivity contribution in [1.29, 1.82) is 0 Å². The first kappa shape index (κ1) is 27.8. The lowest BCUT2D eigenvalue weighted by Gasteiger charge is -2.65. The van der Waals surface area contributed by atoms with E-state index < -0.39 is 6.61 Å². The molecule has 4 saturated carbocycles. The molecular weight excluding hydrogens is 442 g/mol. The van der Waals surface area contributed by atoms with Gasteiger partial charge in [0.15, 0.2) is 6.79 Å². The van der Waals surface area contributed by atoms with Gasteiger partial charge in [-0.15, -0.1) is 0 Å². The quantitative estimate of drug-likeness (QED) is 0.296. The molecule has 4 heteroatoms. The van der Waals surface area contributed by atoms with E-state index in [1.807, 2.05) is 0 Å². The van der Waals surface area contributed by atoms with E-state index in [-0.39, 0.29) is 23.7 Å². The van der Waals surface area contributed by atoms with Crippen molar-refractivity contribution in [2.45, 2.75) is 132 Å². The van der Waals surface area contributed by atoms with Gasteiger partial charge >= 0.3 is 6.61 Å². The molecule has 35 heavy (non-hydrogen) atoms. The minimum absolute atomic E-state index is 0.0311. The molecule has 0 saturated heterocycles. The summed E-state index contributed by atoms with van der Waals surface area (Å²) in [5.41, 5.74) is 0.812. The molecule has 4 rings (SSSR count). The normalized spacial score (nSPS) is 43.6. The van der Waals surface area contributed by atoms with E-state index in [1.54, 1.807) is 0 Å². The van der Waals surface area contributed by atoms with Crippen molar-refractivity contribution >= 4 is 0 Å². The Morgan fingerprint density at radius 3 is 2.26 bits per heavy atom. The summed E-state index contributed by atoms with van der Waals surface area (Å²) in [6.07, 6.45) is 14.2. The average molecular weight is 497 g/mol. The monoisotopic (exact) mass is 496 g/mol. The van der Waals surface area contributed by atoms with Crippen molar-refractivity contribution in [3.8, 4) is 0 Å². The maximum atomic E-state index is 12.7. The van der Waals surface area contributed by atoms with Crippen molar-refractivity contribution in [3.63, 3.8) is 0 Å². The maximum absolute atomic E-state index is 12.7. The molecule has 0 aromatic heterocycles. The Morgan fingerprint density at radius 1 is 0.829 bits per heavy atom. The van der Waals surface area contributed by atoms with Gasteiger partial charge in [-0.05, 0) is 104 Å². The molecule has 0 amide bonds. The highest BCUT2D eigenvalue weighted by molar-refractivity contribution is 5.13. The van der Waals surface area contributed by atoms with Gasteiger partial charge in [0.05, 0.1) is 6.10 Å². The molecule has 0 aromatic rings. The van der Waals surface area contributed by atoms with Crippen molar-refractivity contribution < 1.29 is 18.3 Å². The van der Waals surface area contributed by atoms with Gasteiger partial charge in [0.1, 0.15) is 0 Å². The van der Waals surface area contributed by atoms with Gasteiger partial charge in [-0.2, -0.15) is 8.78 Å². The number of halogens is 2. The van der Waals surface area contributed by atoms with Crippen LogP contribution in [0.25, 0.3) is 0 Å². The lowest BCUT2D eigenvalue weighted by Crippen LogP contribution is -2.61. The minimum Gasteiger partial charge on any atom is -0.351 e. The zero-order valence-electron chi connectivity index (χ0n) is 23.8. The van der Waals surface area contributed by atoms with E-state index in [1.165, 1.54) is 57.8 Å². The molecule has 4 aliphatic rings. The molecule has 0 bridgehead atoms.